The number of nitrogens with one attached hydrogen (secondary N) is 1. The first-order chi connectivity index (χ1) is 9.13. The predicted octanol–water partition coefficient (Wildman–Crippen LogP) is 2.69. The highest BCUT2D eigenvalue weighted by atomic mass is 35.5. The Kier molecular flexibility index (Phi) is 4.83. The molecule has 0 aromatic heterocycles. The molecule has 0 aliphatic heterocycles. The first-order valence-electron chi connectivity index (χ1n) is 6.80. The lowest BCUT2D eigenvalue weighted by Crippen LogP contribution is -2.49. The summed E-state index contributed by atoms with van der Waals surface area (Å²) in [5, 5.41) is 13.2. The van der Waals surface area contributed by atoms with E-state index in [0.717, 1.165) is 31.2 Å². The van der Waals surface area contributed by atoms with E-state index in [1.54, 1.807) is 0 Å². The van der Waals surface area contributed by atoms with E-state index in [2.05, 4.69) is 5.32 Å². The molecule has 1 aliphatic rings. The highest BCUT2D eigenvalue weighted by Crippen LogP contribution is 2.29. The number of aliphatic hydroxyl groups is 1. The molecule has 0 saturated heterocycles. The third kappa shape index (κ3) is 3.95. The van der Waals surface area contributed by atoms with Gasteiger partial charge in [0.25, 0.3) is 0 Å². The van der Waals surface area contributed by atoms with E-state index in [-0.39, 0.29) is 18.1 Å². The van der Waals surface area contributed by atoms with Crippen molar-refractivity contribution >= 4 is 17.5 Å². The highest BCUT2D eigenvalue weighted by molar-refractivity contribution is 6.30. The first kappa shape index (κ1) is 14.4. The van der Waals surface area contributed by atoms with Crippen LogP contribution in [0.1, 0.15) is 37.7 Å². The lowest BCUT2D eigenvalue weighted by molar-refractivity contribution is -0.123. The molecule has 0 unspecified atom stereocenters. The van der Waals surface area contributed by atoms with Crippen LogP contribution in [0.5, 0.6) is 0 Å². The molecule has 19 heavy (non-hydrogen) atoms. The van der Waals surface area contributed by atoms with Gasteiger partial charge in [0.1, 0.15) is 0 Å². The Hall–Kier alpha value is -1.06. The van der Waals surface area contributed by atoms with E-state index in [1.165, 1.54) is 0 Å². The van der Waals surface area contributed by atoms with Gasteiger partial charge in [0.2, 0.25) is 5.91 Å². The fourth-order valence-corrected chi connectivity index (χ4v) is 2.77. The molecule has 2 rings (SSSR count). The number of carbonyl (C=O) groups excluding carboxylic acids is 1. The maximum Gasteiger partial charge on any atom is 0.220 e. The molecular formula is C15H20ClNO2. The van der Waals surface area contributed by atoms with Crippen LogP contribution in [0.4, 0.5) is 0 Å². The van der Waals surface area contributed by atoms with Crippen molar-refractivity contribution < 1.29 is 9.90 Å². The minimum atomic E-state index is -0.364. The van der Waals surface area contributed by atoms with Crippen molar-refractivity contribution in [2.24, 2.45) is 0 Å². The summed E-state index contributed by atoms with van der Waals surface area (Å²) < 4.78 is 0. The lowest BCUT2D eigenvalue weighted by atomic mass is 9.98. The molecule has 0 radical (unpaired) electrons. The van der Waals surface area contributed by atoms with Crippen molar-refractivity contribution in [2.45, 2.75) is 44.1 Å². The van der Waals surface area contributed by atoms with E-state index >= 15 is 0 Å². The van der Waals surface area contributed by atoms with Crippen molar-refractivity contribution in [3.63, 3.8) is 0 Å². The molecule has 1 amide bonds. The Morgan fingerprint density at radius 2 is 1.89 bits per heavy atom. The summed E-state index contributed by atoms with van der Waals surface area (Å²) in [7, 11) is 0. The second kappa shape index (κ2) is 6.40. The summed E-state index contributed by atoms with van der Waals surface area (Å²) in [5.41, 5.74) is 0.737. The standard InChI is InChI=1S/C15H20ClNO2/c16-13-6-3-12(4-7-13)5-8-14(19)17-15(11-18)9-1-2-10-15/h3-4,6-7,18H,1-2,5,8-11H2,(H,17,19). The van der Waals surface area contributed by atoms with Crippen LogP contribution < -0.4 is 5.32 Å². The van der Waals surface area contributed by atoms with Gasteiger partial charge in [-0.1, -0.05) is 36.6 Å². The number of benzene rings is 1. The molecule has 1 saturated carbocycles. The van der Waals surface area contributed by atoms with Crippen LogP contribution in [0.25, 0.3) is 0 Å². The minimum absolute atomic E-state index is 0.0194. The number of amides is 1. The zero-order valence-corrected chi connectivity index (χ0v) is 11.7. The molecule has 0 atom stereocenters. The molecule has 1 fully saturated rings. The number of carbonyl (C=O) groups is 1. The Morgan fingerprint density at radius 1 is 1.26 bits per heavy atom. The molecule has 104 valence electrons. The number of halogens is 1. The molecule has 1 aromatic carbocycles. The monoisotopic (exact) mass is 281 g/mol. The number of hydrogen-bond donors (Lipinski definition) is 2. The third-order valence-electron chi connectivity index (χ3n) is 3.82. The van der Waals surface area contributed by atoms with E-state index in [9.17, 15) is 9.90 Å². The fraction of sp³-hybridized carbons (Fsp3) is 0.533. The Balaban J connectivity index is 1.82. The van der Waals surface area contributed by atoms with Gasteiger partial charge in [-0.2, -0.15) is 0 Å². The van der Waals surface area contributed by atoms with Crippen LogP contribution in [-0.2, 0) is 11.2 Å². The van der Waals surface area contributed by atoms with Gasteiger partial charge in [0, 0.05) is 11.4 Å². The Labute approximate surface area is 119 Å². The Bertz CT molecular complexity index is 424. The van der Waals surface area contributed by atoms with Crippen molar-refractivity contribution in [3.8, 4) is 0 Å². The molecule has 2 N–H and O–H groups in total. The fourth-order valence-electron chi connectivity index (χ4n) is 2.64. The molecule has 4 heteroatoms. The van der Waals surface area contributed by atoms with Crippen molar-refractivity contribution in [2.75, 3.05) is 6.61 Å². The summed E-state index contributed by atoms with van der Waals surface area (Å²) in [6.45, 7) is 0.0414. The van der Waals surface area contributed by atoms with E-state index in [4.69, 9.17) is 11.6 Å². The molecule has 0 heterocycles. The molecule has 1 aromatic rings. The maximum absolute atomic E-state index is 12.0. The van der Waals surface area contributed by atoms with Gasteiger partial charge in [-0.25, -0.2) is 0 Å². The van der Waals surface area contributed by atoms with Gasteiger partial charge in [-0.15, -0.1) is 0 Å². The second-order valence-corrected chi connectivity index (χ2v) is 5.76. The van der Waals surface area contributed by atoms with E-state index in [0.29, 0.717) is 17.9 Å². The predicted molar refractivity (Wildman–Crippen MR) is 76.2 cm³/mol. The van der Waals surface area contributed by atoms with Crippen LogP contribution in [-0.4, -0.2) is 23.2 Å². The second-order valence-electron chi connectivity index (χ2n) is 5.32. The largest absolute Gasteiger partial charge is 0.394 e. The smallest absolute Gasteiger partial charge is 0.220 e. The van der Waals surface area contributed by atoms with Crippen LogP contribution in [0.15, 0.2) is 24.3 Å². The van der Waals surface area contributed by atoms with E-state index < -0.39 is 0 Å². The molecule has 3 nitrogen and oxygen atoms in total. The number of hydrogen-bond acceptors (Lipinski definition) is 2. The topological polar surface area (TPSA) is 49.3 Å². The SMILES string of the molecule is O=C(CCc1ccc(Cl)cc1)NC1(CO)CCCC1. The van der Waals surface area contributed by atoms with Crippen molar-refractivity contribution in [1.29, 1.82) is 0 Å². The zero-order valence-electron chi connectivity index (χ0n) is 11.0. The van der Waals surface area contributed by atoms with Crippen LogP contribution >= 0.6 is 11.6 Å². The summed E-state index contributed by atoms with van der Waals surface area (Å²) in [5.74, 6) is 0.0194. The number of aryl methyl sites for hydroxylation is 1. The normalized spacial score (nSPS) is 17.4. The lowest BCUT2D eigenvalue weighted by Gasteiger charge is -2.28. The quantitative estimate of drug-likeness (QED) is 0.872. The summed E-state index contributed by atoms with van der Waals surface area (Å²) in [6, 6.07) is 7.54. The van der Waals surface area contributed by atoms with Crippen LogP contribution in [0.3, 0.4) is 0 Å². The maximum atomic E-state index is 12.0. The molecule has 0 spiro atoms. The van der Waals surface area contributed by atoms with E-state index in [1.807, 2.05) is 24.3 Å². The van der Waals surface area contributed by atoms with Gasteiger partial charge in [0.15, 0.2) is 0 Å². The summed E-state index contributed by atoms with van der Waals surface area (Å²) in [6.07, 6.45) is 5.08. The number of aliphatic hydroxyl groups excluding tert-OH is 1. The van der Waals surface area contributed by atoms with Gasteiger partial charge >= 0.3 is 0 Å². The minimum Gasteiger partial charge on any atom is -0.394 e. The van der Waals surface area contributed by atoms with Gasteiger partial charge in [-0.05, 0) is 37.0 Å². The number of rotatable bonds is 5. The zero-order chi connectivity index (χ0) is 13.7. The summed E-state index contributed by atoms with van der Waals surface area (Å²) >= 11 is 5.82. The van der Waals surface area contributed by atoms with Crippen LogP contribution in [0, 0.1) is 0 Å². The van der Waals surface area contributed by atoms with Crippen molar-refractivity contribution in [3.05, 3.63) is 34.9 Å². The average Bonchev–Trinajstić information content (AvgIpc) is 2.87. The Morgan fingerprint density at radius 3 is 2.47 bits per heavy atom. The first-order valence-corrected chi connectivity index (χ1v) is 7.18. The van der Waals surface area contributed by atoms with Gasteiger partial charge in [-0.3, -0.25) is 4.79 Å². The van der Waals surface area contributed by atoms with Gasteiger partial charge < -0.3 is 10.4 Å². The van der Waals surface area contributed by atoms with Crippen LogP contribution in [0.2, 0.25) is 5.02 Å². The average molecular weight is 282 g/mol. The third-order valence-corrected chi connectivity index (χ3v) is 4.07. The highest BCUT2D eigenvalue weighted by Gasteiger charge is 2.34. The molecule has 1 aliphatic carbocycles. The molecule has 0 bridgehead atoms. The molecular weight excluding hydrogens is 262 g/mol. The van der Waals surface area contributed by atoms with Crippen molar-refractivity contribution in [1.82, 2.24) is 5.32 Å². The summed E-state index contributed by atoms with van der Waals surface area (Å²) in [4.78, 5) is 12.0. The van der Waals surface area contributed by atoms with Gasteiger partial charge in [0.05, 0.1) is 12.1 Å².